The molecule has 0 bridgehead atoms. The first-order valence-electron chi connectivity index (χ1n) is 10.1. The zero-order valence-electron chi connectivity index (χ0n) is 18.2. The van der Waals surface area contributed by atoms with E-state index in [4.69, 9.17) is 16.3 Å². The number of hydrogen-bond donors (Lipinski definition) is 1. The Labute approximate surface area is 202 Å². The lowest BCUT2D eigenvalue weighted by Gasteiger charge is -2.22. The molecule has 3 aromatic carbocycles. The van der Waals surface area contributed by atoms with Crippen LogP contribution < -0.4 is 14.4 Å². The Bertz CT molecular complexity index is 1280. The zero-order valence-corrected chi connectivity index (χ0v) is 19.8. The summed E-state index contributed by atoms with van der Waals surface area (Å²) >= 11 is 6.02. The van der Waals surface area contributed by atoms with Crippen LogP contribution in [0.2, 0.25) is 5.02 Å². The smallest absolute Gasteiger partial charge is 0.271 e. The lowest BCUT2D eigenvalue weighted by Crippen LogP contribution is -2.29. The average molecular weight is 504 g/mol. The quantitative estimate of drug-likeness (QED) is 0.253. The molecule has 0 saturated carbocycles. The number of sulfonamides is 1. The van der Waals surface area contributed by atoms with Crippen LogP contribution in [0.3, 0.4) is 0 Å². The van der Waals surface area contributed by atoms with E-state index >= 15 is 0 Å². The molecule has 0 aromatic heterocycles. The third kappa shape index (κ3) is 6.69. The standard InChI is InChI=1S/C23H22ClN3O6S/c1-34(31,32)26(19-5-4-6-20(15-19)27(29)30)16-17-9-11-18(12-10-17)23(28)25-13-14-33-22-8-3-2-7-21(22)24/h2-12,15H,13-14,16H2,1H3,(H,25,28). The highest BCUT2D eigenvalue weighted by Crippen LogP contribution is 2.25. The lowest BCUT2D eigenvalue weighted by molar-refractivity contribution is -0.384. The molecule has 0 unspecified atom stereocenters. The third-order valence-electron chi connectivity index (χ3n) is 4.75. The van der Waals surface area contributed by atoms with Crippen molar-refractivity contribution in [3.8, 4) is 5.75 Å². The van der Waals surface area contributed by atoms with Gasteiger partial charge in [-0.15, -0.1) is 0 Å². The Balaban J connectivity index is 1.62. The molecule has 9 nitrogen and oxygen atoms in total. The molecule has 0 spiro atoms. The van der Waals surface area contributed by atoms with Crippen LogP contribution in [0, 0.1) is 10.1 Å². The van der Waals surface area contributed by atoms with Gasteiger partial charge in [0.15, 0.2) is 0 Å². The van der Waals surface area contributed by atoms with Crippen LogP contribution in [-0.2, 0) is 16.6 Å². The number of nitro groups is 1. The fraction of sp³-hybridized carbons (Fsp3) is 0.174. The summed E-state index contributed by atoms with van der Waals surface area (Å²) in [7, 11) is -3.72. The van der Waals surface area contributed by atoms with Crippen LogP contribution >= 0.6 is 11.6 Å². The number of carbonyl (C=O) groups is 1. The van der Waals surface area contributed by atoms with E-state index in [1.165, 1.54) is 24.3 Å². The summed E-state index contributed by atoms with van der Waals surface area (Å²) in [5.74, 6) is 0.218. The fourth-order valence-corrected chi connectivity index (χ4v) is 4.15. The molecule has 0 radical (unpaired) electrons. The van der Waals surface area contributed by atoms with Gasteiger partial charge in [0.05, 0.1) is 35.0 Å². The summed E-state index contributed by atoms with van der Waals surface area (Å²) in [6.07, 6.45) is 1.03. The maximum Gasteiger partial charge on any atom is 0.271 e. The number of nitrogens with one attached hydrogen (secondary N) is 1. The van der Waals surface area contributed by atoms with Gasteiger partial charge in [-0.2, -0.15) is 0 Å². The minimum Gasteiger partial charge on any atom is -0.490 e. The molecule has 1 amide bonds. The molecule has 11 heteroatoms. The van der Waals surface area contributed by atoms with Gasteiger partial charge in [0.25, 0.3) is 11.6 Å². The molecule has 3 rings (SSSR count). The van der Waals surface area contributed by atoms with Gasteiger partial charge in [0.1, 0.15) is 12.4 Å². The van der Waals surface area contributed by atoms with E-state index in [1.807, 2.05) is 0 Å². The van der Waals surface area contributed by atoms with Crippen LogP contribution in [0.15, 0.2) is 72.8 Å². The van der Waals surface area contributed by atoms with Crippen molar-refractivity contribution in [2.24, 2.45) is 0 Å². The van der Waals surface area contributed by atoms with E-state index in [0.29, 0.717) is 21.9 Å². The molecule has 0 fully saturated rings. The minimum atomic E-state index is -3.72. The summed E-state index contributed by atoms with van der Waals surface area (Å²) in [6.45, 7) is 0.452. The highest BCUT2D eigenvalue weighted by Gasteiger charge is 2.20. The SMILES string of the molecule is CS(=O)(=O)N(Cc1ccc(C(=O)NCCOc2ccccc2Cl)cc1)c1cccc([N+](=O)[O-])c1. The summed E-state index contributed by atoms with van der Waals surface area (Å²) < 4.78 is 31.3. The van der Waals surface area contributed by atoms with Crippen molar-refractivity contribution in [2.75, 3.05) is 23.7 Å². The number of nitro benzene ring substituents is 1. The number of halogens is 1. The van der Waals surface area contributed by atoms with Crippen LogP contribution in [0.4, 0.5) is 11.4 Å². The van der Waals surface area contributed by atoms with Crippen molar-refractivity contribution in [3.05, 3.63) is 99.1 Å². The molecule has 34 heavy (non-hydrogen) atoms. The zero-order chi connectivity index (χ0) is 24.7. The van der Waals surface area contributed by atoms with Crippen molar-refractivity contribution in [3.63, 3.8) is 0 Å². The van der Waals surface area contributed by atoms with Gasteiger partial charge >= 0.3 is 0 Å². The number of amides is 1. The fourth-order valence-electron chi connectivity index (χ4n) is 3.08. The molecule has 1 N–H and O–H groups in total. The normalized spacial score (nSPS) is 11.0. The first kappa shape index (κ1) is 25.0. The molecule has 0 heterocycles. The molecule has 0 saturated heterocycles. The maximum atomic E-state index is 12.4. The monoisotopic (exact) mass is 503 g/mol. The third-order valence-corrected chi connectivity index (χ3v) is 6.21. The summed E-state index contributed by atoms with van der Waals surface area (Å²) in [6, 6.07) is 18.8. The summed E-state index contributed by atoms with van der Waals surface area (Å²) in [4.78, 5) is 22.8. The highest BCUT2D eigenvalue weighted by molar-refractivity contribution is 7.92. The van der Waals surface area contributed by atoms with Crippen LogP contribution in [-0.4, -0.2) is 38.7 Å². The lowest BCUT2D eigenvalue weighted by atomic mass is 10.1. The Morgan fingerprint density at radius 2 is 1.79 bits per heavy atom. The van der Waals surface area contributed by atoms with Crippen molar-refractivity contribution in [1.29, 1.82) is 0 Å². The number of anilines is 1. The van der Waals surface area contributed by atoms with E-state index in [0.717, 1.165) is 10.6 Å². The first-order chi connectivity index (χ1) is 16.1. The number of carbonyl (C=O) groups excluding carboxylic acids is 1. The average Bonchev–Trinajstić information content (AvgIpc) is 2.81. The van der Waals surface area contributed by atoms with Crippen LogP contribution in [0.1, 0.15) is 15.9 Å². The molecular formula is C23H22ClN3O6S. The van der Waals surface area contributed by atoms with Gasteiger partial charge in [-0.1, -0.05) is 41.9 Å². The second-order valence-electron chi connectivity index (χ2n) is 7.28. The Morgan fingerprint density at radius 1 is 1.09 bits per heavy atom. The van der Waals surface area contributed by atoms with Crippen molar-refractivity contribution in [1.82, 2.24) is 5.32 Å². The number of para-hydroxylation sites is 1. The van der Waals surface area contributed by atoms with E-state index < -0.39 is 14.9 Å². The van der Waals surface area contributed by atoms with E-state index in [1.54, 1.807) is 48.5 Å². The number of nitrogens with zero attached hydrogens (tertiary/aromatic N) is 2. The van der Waals surface area contributed by atoms with Crippen LogP contribution in [0.25, 0.3) is 0 Å². The maximum absolute atomic E-state index is 12.4. The highest BCUT2D eigenvalue weighted by atomic mass is 35.5. The van der Waals surface area contributed by atoms with Crippen molar-refractivity contribution < 1.29 is 22.9 Å². The van der Waals surface area contributed by atoms with Crippen molar-refractivity contribution >= 4 is 38.9 Å². The predicted octanol–water partition coefficient (Wildman–Crippen LogP) is 4.02. The van der Waals surface area contributed by atoms with Gasteiger partial charge < -0.3 is 10.1 Å². The molecular weight excluding hydrogens is 482 g/mol. The molecule has 3 aromatic rings. The van der Waals surface area contributed by atoms with E-state index in [2.05, 4.69) is 5.32 Å². The van der Waals surface area contributed by atoms with E-state index in [9.17, 15) is 23.3 Å². The first-order valence-corrected chi connectivity index (χ1v) is 12.3. The van der Waals surface area contributed by atoms with Gasteiger partial charge in [-0.05, 0) is 35.9 Å². The summed E-state index contributed by atoms with van der Waals surface area (Å²) in [5, 5.41) is 14.3. The molecule has 0 aliphatic rings. The van der Waals surface area contributed by atoms with Crippen LogP contribution in [0.5, 0.6) is 5.75 Å². The number of benzene rings is 3. The second-order valence-corrected chi connectivity index (χ2v) is 9.59. The number of rotatable bonds is 10. The van der Waals surface area contributed by atoms with E-state index in [-0.39, 0.29) is 37.0 Å². The second kappa shape index (κ2) is 11.0. The summed E-state index contributed by atoms with van der Waals surface area (Å²) in [5.41, 5.74) is 0.965. The molecule has 0 aliphatic carbocycles. The minimum absolute atomic E-state index is 0.0480. The topological polar surface area (TPSA) is 119 Å². The molecule has 178 valence electrons. The Kier molecular flexibility index (Phi) is 8.08. The largest absolute Gasteiger partial charge is 0.490 e. The van der Waals surface area contributed by atoms with Gasteiger partial charge in [-0.25, -0.2) is 8.42 Å². The van der Waals surface area contributed by atoms with Crippen molar-refractivity contribution in [2.45, 2.75) is 6.54 Å². The van der Waals surface area contributed by atoms with Gasteiger partial charge in [-0.3, -0.25) is 19.2 Å². The van der Waals surface area contributed by atoms with Gasteiger partial charge in [0.2, 0.25) is 10.0 Å². The predicted molar refractivity (Wildman–Crippen MR) is 130 cm³/mol. The number of ether oxygens (including phenoxy) is 1. The number of non-ortho nitro benzene ring substituents is 1. The Hall–Kier alpha value is -3.63. The Morgan fingerprint density at radius 3 is 2.44 bits per heavy atom. The number of hydrogen-bond acceptors (Lipinski definition) is 6. The molecule has 0 aliphatic heterocycles. The molecule has 0 atom stereocenters. The van der Waals surface area contributed by atoms with Gasteiger partial charge in [0, 0.05) is 17.7 Å².